The van der Waals surface area contributed by atoms with E-state index in [1.54, 1.807) is 24.0 Å². The molecule has 0 atom stereocenters. The van der Waals surface area contributed by atoms with Gasteiger partial charge in [-0.15, -0.1) is 0 Å². The molecule has 0 bridgehead atoms. The number of hydrogen-bond donors (Lipinski definition) is 0. The lowest BCUT2D eigenvalue weighted by Crippen LogP contribution is -2.49. The molecule has 0 radical (unpaired) electrons. The molecule has 192 valence electrons. The number of rotatable bonds is 7. The standard InChI is InChI=1S/C27H29N5O5/c1-4-37-27(34)22-23(18(2)3)28-25(19-8-6-5-7-9-19)29-24(22)26(33)31-16-14-30(15-17-31)20-10-12-21(13-11-20)32(35)36/h5-13,18H,4,14-17H2,1-3H3. The van der Waals surface area contributed by atoms with Crippen LogP contribution >= 0.6 is 0 Å². The minimum Gasteiger partial charge on any atom is -0.462 e. The Morgan fingerprint density at radius 3 is 2.22 bits per heavy atom. The highest BCUT2D eigenvalue weighted by molar-refractivity contribution is 6.05. The summed E-state index contributed by atoms with van der Waals surface area (Å²) in [6, 6.07) is 15.7. The van der Waals surface area contributed by atoms with Gasteiger partial charge >= 0.3 is 5.97 Å². The van der Waals surface area contributed by atoms with Gasteiger partial charge in [-0.3, -0.25) is 14.9 Å². The molecule has 2 aromatic carbocycles. The molecule has 0 aliphatic carbocycles. The first-order valence-corrected chi connectivity index (χ1v) is 12.2. The Morgan fingerprint density at radius 2 is 1.65 bits per heavy atom. The molecule has 1 saturated heterocycles. The van der Waals surface area contributed by atoms with Gasteiger partial charge in [0.05, 0.1) is 17.2 Å². The monoisotopic (exact) mass is 503 g/mol. The van der Waals surface area contributed by atoms with Crippen LogP contribution in [0.1, 0.15) is 53.2 Å². The number of nitro benzene ring substituents is 1. The number of nitro groups is 1. The summed E-state index contributed by atoms with van der Waals surface area (Å²) >= 11 is 0. The van der Waals surface area contributed by atoms with Crippen LogP contribution in [0.15, 0.2) is 54.6 Å². The average Bonchev–Trinajstić information content (AvgIpc) is 2.92. The van der Waals surface area contributed by atoms with Crippen molar-refractivity contribution in [2.24, 2.45) is 0 Å². The van der Waals surface area contributed by atoms with Crippen molar-refractivity contribution < 1.29 is 19.2 Å². The number of nitrogens with zero attached hydrogens (tertiary/aromatic N) is 5. The molecule has 10 nitrogen and oxygen atoms in total. The molecule has 3 aromatic rings. The number of esters is 1. The van der Waals surface area contributed by atoms with Crippen molar-refractivity contribution in [2.45, 2.75) is 26.7 Å². The van der Waals surface area contributed by atoms with Gasteiger partial charge in [-0.05, 0) is 25.0 Å². The first kappa shape index (κ1) is 25.7. The predicted molar refractivity (Wildman–Crippen MR) is 139 cm³/mol. The second kappa shape index (κ2) is 11.2. The molecule has 1 aliphatic heterocycles. The van der Waals surface area contributed by atoms with E-state index < -0.39 is 10.9 Å². The Morgan fingerprint density at radius 1 is 1.00 bits per heavy atom. The van der Waals surface area contributed by atoms with Crippen LogP contribution in [0.5, 0.6) is 0 Å². The first-order chi connectivity index (χ1) is 17.8. The fraction of sp³-hybridized carbons (Fsp3) is 0.333. The van der Waals surface area contributed by atoms with Crippen LogP contribution in [0.3, 0.4) is 0 Å². The van der Waals surface area contributed by atoms with E-state index in [0.717, 1.165) is 11.3 Å². The van der Waals surface area contributed by atoms with Crippen molar-refractivity contribution in [2.75, 3.05) is 37.7 Å². The molecule has 0 saturated carbocycles. The Balaban J connectivity index is 1.65. The summed E-state index contributed by atoms with van der Waals surface area (Å²) in [6.45, 7) is 7.58. The number of non-ortho nitro benzene ring substituents is 1. The van der Waals surface area contributed by atoms with Crippen LogP contribution in [0.2, 0.25) is 0 Å². The van der Waals surface area contributed by atoms with Crippen LogP contribution in [-0.2, 0) is 4.74 Å². The maximum absolute atomic E-state index is 13.8. The summed E-state index contributed by atoms with van der Waals surface area (Å²) in [5.74, 6) is -0.729. The van der Waals surface area contributed by atoms with E-state index >= 15 is 0 Å². The molecule has 0 N–H and O–H groups in total. The number of ether oxygens (including phenoxy) is 1. The zero-order chi connectivity index (χ0) is 26.5. The van der Waals surface area contributed by atoms with Crippen LogP contribution in [0, 0.1) is 10.1 Å². The van der Waals surface area contributed by atoms with Crippen molar-refractivity contribution in [3.63, 3.8) is 0 Å². The molecular formula is C27H29N5O5. The molecule has 37 heavy (non-hydrogen) atoms. The smallest absolute Gasteiger partial charge is 0.342 e. The van der Waals surface area contributed by atoms with Crippen LogP contribution in [-0.4, -0.2) is 64.5 Å². The third kappa shape index (κ3) is 5.58. The van der Waals surface area contributed by atoms with E-state index in [1.807, 2.05) is 44.2 Å². The molecule has 1 amide bonds. The highest BCUT2D eigenvalue weighted by Crippen LogP contribution is 2.27. The number of carbonyl (C=O) groups excluding carboxylic acids is 2. The second-order valence-electron chi connectivity index (χ2n) is 8.95. The predicted octanol–water partition coefficient (Wildman–Crippen LogP) is 4.31. The van der Waals surface area contributed by atoms with Gasteiger partial charge in [-0.1, -0.05) is 44.2 Å². The third-order valence-electron chi connectivity index (χ3n) is 6.19. The quantitative estimate of drug-likeness (QED) is 0.266. The number of piperazine rings is 1. The van der Waals surface area contributed by atoms with Gasteiger partial charge in [0.15, 0.2) is 5.82 Å². The van der Waals surface area contributed by atoms with Crippen molar-refractivity contribution in [1.82, 2.24) is 14.9 Å². The molecule has 0 unspecified atom stereocenters. The summed E-state index contributed by atoms with van der Waals surface area (Å²) in [7, 11) is 0. The van der Waals surface area contributed by atoms with E-state index in [4.69, 9.17) is 4.74 Å². The number of carbonyl (C=O) groups is 2. The lowest BCUT2D eigenvalue weighted by Gasteiger charge is -2.36. The van der Waals surface area contributed by atoms with Gasteiger partial charge in [0.1, 0.15) is 11.3 Å². The maximum Gasteiger partial charge on any atom is 0.342 e. The number of benzene rings is 2. The Kier molecular flexibility index (Phi) is 7.76. The number of anilines is 1. The molecular weight excluding hydrogens is 474 g/mol. The minimum absolute atomic E-state index is 0.0306. The fourth-order valence-corrected chi connectivity index (χ4v) is 4.27. The van der Waals surface area contributed by atoms with Gasteiger partial charge in [-0.2, -0.15) is 0 Å². The average molecular weight is 504 g/mol. The third-order valence-corrected chi connectivity index (χ3v) is 6.19. The van der Waals surface area contributed by atoms with Gasteiger partial charge in [0, 0.05) is 49.6 Å². The van der Waals surface area contributed by atoms with Crippen molar-refractivity contribution >= 4 is 23.3 Å². The normalized spacial score (nSPS) is 13.5. The molecule has 4 rings (SSSR count). The lowest BCUT2D eigenvalue weighted by atomic mass is 10.0. The molecule has 1 fully saturated rings. The van der Waals surface area contributed by atoms with Crippen molar-refractivity contribution in [3.05, 3.63) is 81.7 Å². The fourth-order valence-electron chi connectivity index (χ4n) is 4.27. The molecule has 0 spiro atoms. The largest absolute Gasteiger partial charge is 0.462 e. The summed E-state index contributed by atoms with van der Waals surface area (Å²) in [4.78, 5) is 50.3. The van der Waals surface area contributed by atoms with Crippen LogP contribution < -0.4 is 4.90 Å². The SMILES string of the molecule is CCOC(=O)c1c(C(=O)N2CCN(c3ccc([N+](=O)[O-])cc3)CC2)nc(-c2ccccc2)nc1C(C)C. The highest BCUT2D eigenvalue weighted by atomic mass is 16.6. The van der Waals surface area contributed by atoms with E-state index in [-0.39, 0.29) is 35.4 Å². The summed E-state index contributed by atoms with van der Waals surface area (Å²) < 4.78 is 5.30. The van der Waals surface area contributed by atoms with Crippen molar-refractivity contribution in [1.29, 1.82) is 0 Å². The zero-order valence-corrected chi connectivity index (χ0v) is 21.1. The number of amides is 1. The number of hydrogen-bond acceptors (Lipinski definition) is 8. The number of aromatic nitrogens is 2. The highest BCUT2D eigenvalue weighted by Gasteiger charge is 2.32. The van der Waals surface area contributed by atoms with E-state index in [0.29, 0.717) is 37.7 Å². The van der Waals surface area contributed by atoms with Gasteiger partial charge < -0.3 is 14.5 Å². The summed E-state index contributed by atoms with van der Waals surface area (Å²) in [5.41, 5.74) is 2.25. The Hall–Kier alpha value is -4.34. The first-order valence-electron chi connectivity index (χ1n) is 12.2. The molecule has 2 heterocycles. The molecule has 1 aliphatic rings. The van der Waals surface area contributed by atoms with E-state index in [9.17, 15) is 19.7 Å². The Bertz CT molecular complexity index is 1290. The maximum atomic E-state index is 13.8. The molecule has 10 heteroatoms. The van der Waals surface area contributed by atoms with E-state index in [1.165, 1.54) is 12.1 Å². The summed E-state index contributed by atoms with van der Waals surface area (Å²) in [5, 5.41) is 10.9. The topological polar surface area (TPSA) is 119 Å². The van der Waals surface area contributed by atoms with Gasteiger partial charge in [0.25, 0.3) is 11.6 Å². The van der Waals surface area contributed by atoms with Crippen LogP contribution in [0.25, 0.3) is 11.4 Å². The minimum atomic E-state index is -0.612. The summed E-state index contributed by atoms with van der Waals surface area (Å²) in [6.07, 6.45) is 0. The molecule has 1 aromatic heterocycles. The van der Waals surface area contributed by atoms with Gasteiger partial charge in [0.2, 0.25) is 0 Å². The lowest BCUT2D eigenvalue weighted by molar-refractivity contribution is -0.384. The zero-order valence-electron chi connectivity index (χ0n) is 21.1. The second-order valence-corrected chi connectivity index (χ2v) is 8.95. The van der Waals surface area contributed by atoms with Crippen LogP contribution in [0.4, 0.5) is 11.4 Å². The van der Waals surface area contributed by atoms with E-state index in [2.05, 4.69) is 14.9 Å². The van der Waals surface area contributed by atoms with Gasteiger partial charge in [-0.25, -0.2) is 14.8 Å². The van der Waals surface area contributed by atoms with Crippen molar-refractivity contribution in [3.8, 4) is 11.4 Å². The Labute approximate surface area is 215 Å².